The molecule has 28 heavy (non-hydrogen) atoms. The van der Waals surface area contributed by atoms with Crippen LogP contribution in [0.15, 0.2) is 53.3 Å². The molecule has 0 saturated carbocycles. The molecular formula is C23H24N2O3. The zero-order chi connectivity index (χ0) is 20.3. The Bertz CT molecular complexity index is 1070. The minimum atomic E-state index is -0.946. The van der Waals surface area contributed by atoms with Crippen molar-refractivity contribution in [3.63, 3.8) is 0 Å². The lowest BCUT2D eigenvalue weighted by Gasteiger charge is -2.13. The summed E-state index contributed by atoms with van der Waals surface area (Å²) in [6, 6.07) is 14.7. The van der Waals surface area contributed by atoms with Crippen LogP contribution in [0.25, 0.3) is 11.1 Å². The summed E-state index contributed by atoms with van der Waals surface area (Å²) in [7, 11) is 1.75. The first-order valence-corrected chi connectivity index (χ1v) is 9.39. The molecule has 0 atom stereocenters. The van der Waals surface area contributed by atoms with E-state index in [1.54, 1.807) is 29.8 Å². The predicted molar refractivity (Wildman–Crippen MR) is 110 cm³/mol. The molecular weight excluding hydrogens is 352 g/mol. The molecule has 1 aromatic heterocycles. The number of benzene rings is 2. The van der Waals surface area contributed by atoms with Crippen molar-refractivity contribution >= 4 is 5.97 Å². The molecule has 0 bridgehead atoms. The van der Waals surface area contributed by atoms with Crippen LogP contribution in [0.3, 0.4) is 0 Å². The SMILES string of the molecule is CCCc1nc(C)n(C)c(=O)c1Cc1ccc(-c2ccccc2C(=O)O)cc1. The monoisotopic (exact) mass is 376 g/mol. The number of carboxylic acid groups (broad SMARTS) is 1. The number of hydrogen-bond acceptors (Lipinski definition) is 3. The fourth-order valence-electron chi connectivity index (χ4n) is 3.36. The van der Waals surface area contributed by atoms with E-state index >= 15 is 0 Å². The van der Waals surface area contributed by atoms with Crippen LogP contribution in [0.4, 0.5) is 0 Å². The summed E-state index contributed by atoms with van der Waals surface area (Å²) in [4.78, 5) is 28.8. The van der Waals surface area contributed by atoms with E-state index in [1.165, 1.54) is 0 Å². The molecule has 5 nitrogen and oxygen atoms in total. The van der Waals surface area contributed by atoms with Gasteiger partial charge in [-0.25, -0.2) is 9.78 Å². The Labute approximate surface area is 164 Å². The first-order valence-electron chi connectivity index (χ1n) is 9.39. The molecule has 3 rings (SSSR count). The van der Waals surface area contributed by atoms with Gasteiger partial charge in [-0.1, -0.05) is 55.8 Å². The van der Waals surface area contributed by atoms with E-state index in [0.29, 0.717) is 12.0 Å². The van der Waals surface area contributed by atoms with Gasteiger partial charge in [-0.05, 0) is 36.1 Å². The highest BCUT2D eigenvalue weighted by molar-refractivity contribution is 5.95. The summed E-state index contributed by atoms with van der Waals surface area (Å²) in [5.41, 5.74) is 4.38. The molecule has 144 valence electrons. The number of aryl methyl sites for hydroxylation is 2. The third-order valence-corrected chi connectivity index (χ3v) is 4.98. The Balaban J connectivity index is 1.96. The average molecular weight is 376 g/mol. The number of nitrogens with zero attached hydrogens (tertiary/aromatic N) is 2. The Morgan fingerprint density at radius 2 is 1.79 bits per heavy atom. The number of aromatic nitrogens is 2. The number of rotatable bonds is 6. The Morgan fingerprint density at radius 3 is 2.43 bits per heavy atom. The molecule has 2 aromatic carbocycles. The molecule has 0 fully saturated rings. The topological polar surface area (TPSA) is 72.2 Å². The summed E-state index contributed by atoms with van der Waals surface area (Å²) in [6.45, 7) is 3.92. The first kappa shape index (κ1) is 19.5. The van der Waals surface area contributed by atoms with Crippen LogP contribution in [-0.4, -0.2) is 20.6 Å². The largest absolute Gasteiger partial charge is 0.478 e. The predicted octanol–water partition coefficient (Wildman–Crippen LogP) is 4.00. The van der Waals surface area contributed by atoms with Gasteiger partial charge in [0.1, 0.15) is 5.82 Å². The lowest BCUT2D eigenvalue weighted by atomic mass is 9.96. The van der Waals surface area contributed by atoms with E-state index < -0.39 is 5.97 Å². The van der Waals surface area contributed by atoms with E-state index in [1.807, 2.05) is 37.3 Å². The summed E-state index contributed by atoms with van der Waals surface area (Å²) < 4.78 is 1.59. The third kappa shape index (κ3) is 3.88. The second kappa shape index (κ2) is 8.21. The van der Waals surface area contributed by atoms with E-state index in [-0.39, 0.29) is 11.1 Å². The van der Waals surface area contributed by atoms with Crippen molar-refractivity contribution in [2.75, 3.05) is 0 Å². The van der Waals surface area contributed by atoms with Crippen LogP contribution < -0.4 is 5.56 Å². The second-order valence-corrected chi connectivity index (χ2v) is 6.92. The number of hydrogen-bond donors (Lipinski definition) is 1. The normalized spacial score (nSPS) is 10.8. The molecule has 3 aromatic rings. The van der Waals surface area contributed by atoms with Gasteiger partial charge in [0.05, 0.1) is 11.3 Å². The van der Waals surface area contributed by atoms with Gasteiger partial charge >= 0.3 is 5.97 Å². The molecule has 0 spiro atoms. The van der Waals surface area contributed by atoms with Gasteiger partial charge in [0.2, 0.25) is 0 Å². The molecule has 1 N–H and O–H groups in total. The van der Waals surface area contributed by atoms with Crippen molar-refractivity contribution in [2.24, 2.45) is 7.05 Å². The minimum absolute atomic E-state index is 0.00347. The molecule has 0 aliphatic carbocycles. The average Bonchev–Trinajstić information content (AvgIpc) is 2.70. The van der Waals surface area contributed by atoms with Gasteiger partial charge in [-0.3, -0.25) is 9.36 Å². The highest BCUT2D eigenvalue weighted by Gasteiger charge is 2.14. The molecule has 0 unspecified atom stereocenters. The summed E-state index contributed by atoms with van der Waals surface area (Å²) >= 11 is 0. The number of carbonyl (C=O) groups is 1. The van der Waals surface area contributed by atoms with E-state index in [2.05, 4.69) is 11.9 Å². The minimum Gasteiger partial charge on any atom is -0.478 e. The van der Waals surface area contributed by atoms with Crippen molar-refractivity contribution < 1.29 is 9.90 Å². The van der Waals surface area contributed by atoms with Gasteiger partial charge in [-0.15, -0.1) is 0 Å². The Morgan fingerprint density at radius 1 is 1.11 bits per heavy atom. The van der Waals surface area contributed by atoms with Gasteiger partial charge in [-0.2, -0.15) is 0 Å². The van der Waals surface area contributed by atoms with Gasteiger partial charge in [0.15, 0.2) is 0 Å². The first-order chi connectivity index (χ1) is 13.4. The molecule has 1 heterocycles. The van der Waals surface area contributed by atoms with Gasteiger partial charge in [0, 0.05) is 19.0 Å². The Kier molecular flexibility index (Phi) is 5.73. The summed E-state index contributed by atoms with van der Waals surface area (Å²) in [5.74, 6) is -0.226. The van der Waals surface area contributed by atoms with Crippen LogP contribution in [0, 0.1) is 6.92 Å². The van der Waals surface area contributed by atoms with E-state index in [9.17, 15) is 14.7 Å². The zero-order valence-electron chi connectivity index (χ0n) is 16.4. The van der Waals surface area contributed by atoms with Crippen molar-refractivity contribution in [3.8, 4) is 11.1 Å². The van der Waals surface area contributed by atoms with Crippen LogP contribution in [0.1, 0.15) is 46.3 Å². The maximum atomic E-state index is 12.8. The van der Waals surface area contributed by atoms with Crippen molar-refractivity contribution in [1.82, 2.24) is 9.55 Å². The molecule has 0 aliphatic heterocycles. The molecule has 0 amide bonds. The fraction of sp³-hybridized carbons (Fsp3) is 0.261. The van der Waals surface area contributed by atoms with Crippen LogP contribution in [0.5, 0.6) is 0 Å². The van der Waals surface area contributed by atoms with Crippen molar-refractivity contribution in [3.05, 3.63) is 87.1 Å². The quantitative estimate of drug-likeness (QED) is 0.706. The standard InChI is InChI=1S/C23H24N2O3/c1-4-7-21-20(22(26)25(3)15(2)24-21)14-16-10-12-17(13-11-16)18-8-5-6-9-19(18)23(27)28/h5-6,8-13H,4,7,14H2,1-3H3,(H,27,28). The number of carboxylic acids is 1. The van der Waals surface area contributed by atoms with Gasteiger partial charge in [0.25, 0.3) is 5.56 Å². The number of aromatic carboxylic acids is 1. The molecule has 5 heteroatoms. The molecule has 0 radical (unpaired) electrons. The lowest BCUT2D eigenvalue weighted by molar-refractivity contribution is 0.0697. The smallest absolute Gasteiger partial charge is 0.336 e. The van der Waals surface area contributed by atoms with Crippen molar-refractivity contribution in [1.29, 1.82) is 0 Å². The Hall–Kier alpha value is -3.21. The molecule has 0 aliphatic rings. The van der Waals surface area contributed by atoms with Crippen LogP contribution in [0.2, 0.25) is 0 Å². The second-order valence-electron chi connectivity index (χ2n) is 6.92. The maximum absolute atomic E-state index is 12.8. The highest BCUT2D eigenvalue weighted by Crippen LogP contribution is 2.25. The summed E-state index contributed by atoms with van der Waals surface area (Å²) in [6.07, 6.45) is 2.21. The van der Waals surface area contributed by atoms with Crippen molar-refractivity contribution in [2.45, 2.75) is 33.1 Å². The van der Waals surface area contributed by atoms with Gasteiger partial charge < -0.3 is 5.11 Å². The van der Waals surface area contributed by atoms with Crippen LogP contribution >= 0.6 is 0 Å². The zero-order valence-corrected chi connectivity index (χ0v) is 16.4. The molecule has 0 saturated heterocycles. The highest BCUT2D eigenvalue weighted by atomic mass is 16.4. The van der Waals surface area contributed by atoms with Crippen LogP contribution in [-0.2, 0) is 19.9 Å². The summed E-state index contributed by atoms with van der Waals surface area (Å²) in [5, 5.41) is 9.39. The van der Waals surface area contributed by atoms with E-state index in [4.69, 9.17) is 0 Å². The third-order valence-electron chi connectivity index (χ3n) is 4.98. The van der Waals surface area contributed by atoms with E-state index in [0.717, 1.165) is 41.1 Å². The maximum Gasteiger partial charge on any atom is 0.336 e. The lowest BCUT2D eigenvalue weighted by Crippen LogP contribution is -2.27. The fourth-order valence-corrected chi connectivity index (χ4v) is 3.36.